The van der Waals surface area contributed by atoms with Crippen LogP contribution in [0.5, 0.6) is 0 Å². The molecule has 0 aromatic heterocycles. The lowest BCUT2D eigenvalue weighted by atomic mass is 9.81. The standard InChI is InChI=1S/C27H32N2O4/c1-18(2)29(27(25(30)31)13-15-28-14-7-8-19(28)16-27)26(32)33-17-24-22-11-5-3-9-20(22)21-10-4-6-12-23(21)24/h3-6,9-12,18-19,24H,7-8,13-17H2,1-2H3,(H,30,31). The Balaban J connectivity index is 1.39. The van der Waals surface area contributed by atoms with Gasteiger partial charge in [0.25, 0.3) is 0 Å². The molecule has 6 heteroatoms. The molecule has 1 N–H and O–H groups in total. The highest BCUT2D eigenvalue weighted by Gasteiger charge is 2.53. The van der Waals surface area contributed by atoms with Crippen LogP contribution >= 0.6 is 0 Å². The van der Waals surface area contributed by atoms with Crippen LogP contribution in [0.4, 0.5) is 4.79 Å². The number of benzene rings is 2. The van der Waals surface area contributed by atoms with Crippen LogP contribution in [0.2, 0.25) is 0 Å². The number of nitrogens with zero attached hydrogens (tertiary/aromatic N) is 2. The molecular weight excluding hydrogens is 416 g/mol. The van der Waals surface area contributed by atoms with E-state index in [1.54, 1.807) is 0 Å². The lowest BCUT2D eigenvalue weighted by Crippen LogP contribution is -2.65. The van der Waals surface area contributed by atoms with Gasteiger partial charge in [0.15, 0.2) is 0 Å². The highest BCUT2D eigenvalue weighted by atomic mass is 16.6. The Morgan fingerprint density at radius 2 is 1.73 bits per heavy atom. The second kappa shape index (κ2) is 8.49. The highest BCUT2D eigenvalue weighted by Crippen LogP contribution is 2.45. The molecule has 2 aromatic rings. The number of piperidine rings is 1. The van der Waals surface area contributed by atoms with Crippen molar-refractivity contribution in [3.63, 3.8) is 0 Å². The first-order chi connectivity index (χ1) is 15.9. The van der Waals surface area contributed by atoms with Crippen molar-refractivity contribution in [2.45, 2.75) is 63.1 Å². The van der Waals surface area contributed by atoms with Gasteiger partial charge in [-0.15, -0.1) is 0 Å². The van der Waals surface area contributed by atoms with Gasteiger partial charge < -0.3 is 14.7 Å². The summed E-state index contributed by atoms with van der Waals surface area (Å²) in [6, 6.07) is 16.4. The molecule has 1 amide bonds. The minimum Gasteiger partial charge on any atom is -0.479 e. The van der Waals surface area contributed by atoms with Crippen LogP contribution in [-0.4, -0.2) is 64.3 Å². The smallest absolute Gasteiger partial charge is 0.410 e. The molecule has 2 heterocycles. The third-order valence-corrected chi connectivity index (χ3v) is 7.79. The summed E-state index contributed by atoms with van der Waals surface area (Å²) in [4.78, 5) is 30.0. The quantitative estimate of drug-likeness (QED) is 0.716. The van der Waals surface area contributed by atoms with Crippen LogP contribution in [0.15, 0.2) is 48.5 Å². The van der Waals surface area contributed by atoms with Crippen molar-refractivity contribution >= 4 is 12.1 Å². The lowest BCUT2D eigenvalue weighted by molar-refractivity contribution is -0.156. The van der Waals surface area contributed by atoms with Crippen molar-refractivity contribution in [3.05, 3.63) is 59.7 Å². The summed E-state index contributed by atoms with van der Waals surface area (Å²) >= 11 is 0. The number of carbonyl (C=O) groups is 2. The average Bonchev–Trinajstić information content (AvgIpc) is 3.39. The fraction of sp³-hybridized carbons (Fsp3) is 0.481. The van der Waals surface area contributed by atoms with E-state index in [2.05, 4.69) is 29.2 Å². The van der Waals surface area contributed by atoms with Crippen LogP contribution in [0, 0.1) is 0 Å². The van der Waals surface area contributed by atoms with E-state index < -0.39 is 17.6 Å². The van der Waals surface area contributed by atoms with E-state index in [1.165, 1.54) is 16.0 Å². The highest BCUT2D eigenvalue weighted by molar-refractivity contribution is 5.85. The number of rotatable bonds is 5. The molecule has 5 rings (SSSR count). The molecule has 0 saturated carbocycles. The van der Waals surface area contributed by atoms with E-state index >= 15 is 0 Å². The molecule has 174 valence electrons. The molecule has 2 atom stereocenters. The maximum Gasteiger partial charge on any atom is 0.410 e. The molecule has 33 heavy (non-hydrogen) atoms. The van der Waals surface area contributed by atoms with Crippen molar-refractivity contribution in [2.24, 2.45) is 0 Å². The number of hydrogen-bond acceptors (Lipinski definition) is 4. The minimum absolute atomic E-state index is 0.0483. The number of ether oxygens (including phenoxy) is 1. The van der Waals surface area contributed by atoms with Crippen molar-refractivity contribution < 1.29 is 19.4 Å². The van der Waals surface area contributed by atoms with Crippen molar-refractivity contribution in [1.29, 1.82) is 0 Å². The molecule has 3 aliphatic rings. The summed E-state index contributed by atoms with van der Waals surface area (Å²) in [5, 5.41) is 10.3. The minimum atomic E-state index is -1.22. The molecule has 0 bridgehead atoms. The SMILES string of the molecule is CC(C)N(C(=O)OCC1c2ccccc2-c2ccccc21)C1(C(=O)O)CCN2CCCC2C1. The molecule has 2 unspecified atom stereocenters. The summed E-state index contributed by atoms with van der Waals surface area (Å²) in [6.45, 7) is 5.69. The van der Waals surface area contributed by atoms with Gasteiger partial charge in [-0.1, -0.05) is 48.5 Å². The van der Waals surface area contributed by atoms with Crippen LogP contribution in [0.25, 0.3) is 11.1 Å². The number of fused-ring (bicyclic) bond motifs is 4. The van der Waals surface area contributed by atoms with Gasteiger partial charge in [-0.25, -0.2) is 9.59 Å². The van der Waals surface area contributed by atoms with E-state index in [9.17, 15) is 14.7 Å². The number of hydrogen-bond donors (Lipinski definition) is 1. The zero-order valence-electron chi connectivity index (χ0n) is 19.4. The van der Waals surface area contributed by atoms with E-state index in [0.717, 1.165) is 30.5 Å². The van der Waals surface area contributed by atoms with Crippen LogP contribution < -0.4 is 0 Å². The van der Waals surface area contributed by atoms with E-state index in [-0.39, 0.29) is 24.6 Å². The van der Waals surface area contributed by atoms with Crippen LogP contribution in [-0.2, 0) is 9.53 Å². The molecule has 0 spiro atoms. The Labute approximate surface area is 195 Å². The summed E-state index contributed by atoms with van der Waals surface area (Å²) in [6.07, 6.45) is 2.45. The van der Waals surface area contributed by atoms with Gasteiger partial charge in [-0.2, -0.15) is 0 Å². The molecule has 2 fully saturated rings. The maximum atomic E-state index is 13.5. The van der Waals surface area contributed by atoms with Gasteiger partial charge in [0.2, 0.25) is 0 Å². The van der Waals surface area contributed by atoms with Gasteiger partial charge in [-0.3, -0.25) is 4.90 Å². The zero-order valence-corrected chi connectivity index (χ0v) is 19.4. The van der Waals surface area contributed by atoms with Crippen molar-refractivity contribution in [1.82, 2.24) is 9.80 Å². The molecule has 6 nitrogen and oxygen atoms in total. The number of aliphatic carboxylic acids is 1. The van der Waals surface area contributed by atoms with Gasteiger partial charge in [-0.05, 0) is 68.3 Å². The molecule has 2 aromatic carbocycles. The number of carbonyl (C=O) groups excluding carboxylic acids is 1. The molecule has 2 aliphatic heterocycles. The monoisotopic (exact) mass is 448 g/mol. The second-order valence-corrected chi connectivity index (χ2v) is 9.89. The first-order valence-corrected chi connectivity index (χ1v) is 12.0. The molecular formula is C27H32N2O4. The third kappa shape index (κ3) is 3.61. The van der Waals surface area contributed by atoms with E-state index in [0.29, 0.717) is 19.4 Å². The van der Waals surface area contributed by atoms with Gasteiger partial charge >= 0.3 is 12.1 Å². The van der Waals surface area contributed by atoms with E-state index in [1.807, 2.05) is 38.1 Å². The lowest BCUT2D eigenvalue weighted by Gasteiger charge is -2.48. The fourth-order valence-corrected chi connectivity index (χ4v) is 6.30. The summed E-state index contributed by atoms with van der Waals surface area (Å²) in [7, 11) is 0. The predicted octanol–water partition coefficient (Wildman–Crippen LogP) is 4.73. The Bertz CT molecular complexity index is 1020. The first-order valence-electron chi connectivity index (χ1n) is 12.0. The zero-order chi connectivity index (χ0) is 23.2. The molecule has 1 aliphatic carbocycles. The van der Waals surface area contributed by atoms with Crippen molar-refractivity contribution in [3.8, 4) is 11.1 Å². The fourth-order valence-electron chi connectivity index (χ4n) is 6.30. The molecule has 0 radical (unpaired) electrons. The Hall–Kier alpha value is -2.86. The van der Waals surface area contributed by atoms with Gasteiger partial charge in [0.1, 0.15) is 12.1 Å². The first kappa shape index (κ1) is 22.0. The number of amides is 1. The third-order valence-electron chi connectivity index (χ3n) is 7.79. The van der Waals surface area contributed by atoms with Crippen LogP contribution in [0.1, 0.15) is 56.6 Å². The van der Waals surface area contributed by atoms with Crippen LogP contribution in [0.3, 0.4) is 0 Å². The summed E-state index contributed by atoms with van der Waals surface area (Å²) < 4.78 is 5.91. The number of carboxylic acid groups (broad SMARTS) is 1. The number of carboxylic acids is 1. The maximum absolute atomic E-state index is 13.5. The Kier molecular flexibility index (Phi) is 5.65. The summed E-state index contributed by atoms with van der Waals surface area (Å²) in [5.74, 6) is -0.968. The van der Waals surface area contributed by atoms with Crippen molar-refractivity contribution in [2.75, 3.05) is 19.7 Å². The van der Waals surface area contributed by atoms with Gasteiger partial charge in [0.05, 0.1) is 0 Å². The largest absolute Gasteiger partial charge is 0.479 e. The average molecular weight is 449 g/mol. The second-order valence-electron chi connectivity index (χ2n) is 9.89. The Morgan fingerprint density at radius 3 is 2.33 bits per heavy atom. The van der Waals surface area contributed by atoms with Gasteiger partial charge in [0, 0.05) is 24.5 Å². The normalized spacial score (nSPS) is 24.3. The van der Waals surface area contributed by atoms with E-state index in [4.69, 9.17) is 4.74 Å². The Morgan fingerprint density at radius 1 is 1.09 bits per heavy atom. The molecule has 2 saturated heterocycles. The summed E-state index contributed by atoms with van der Waals surface area (Å²) in [5.41, 5.74) is 3.42. The predicted molar refractivity (Wildman–Crippen MR) is 126 cm³/mol. The topological polar surface area (TPSA) is 70.1 Å².